The van der Waals surface area contributed by atoms with Crippen LogP contribution in [-0.4, -0.2) is 57.6 Å². The summed E-state index contributed by atoms with van der Waals surface area (Å²) >= 11 is 0. The van der Waals surface area contributed by atoms with Gasteiger partial charge in [-0.1, -0.05) is 13.0 Å². The van der Waals surface area contributed by atoms with Crippen LogP contribution in [0.3, 0.4) is 0 Å². The number of H-pyrrole nitrogens is 1. The summed E-state index contributed by atoms with van der Waals surface area (Å²) in [4.78, 5) is 16.7. The molecule has 0 aliphatic carbocycles. The number of amidine groups is 1. The lowest BCUT2D eigenvalue weighted by molar-refractivity contribution is -0.485. The van der Waals surface area contributed by atoms with Crippen molar-refractivity contribution in [3.05, 3.63) is 59.4 Å². The van der Waals surface area contributed by atoms with Crippen LogP contribution in [0.1, 0.15) is 23.9 Å². The predicted octanol–water partition coefficient (Wildman–Crippen LogP) is 3.37. The predicted molar refractivity (Wildman–Crippen MR) is 129 cm³/mol. The summed E-state index contributed by atoms with van der Waals surface area (Å²) in [7, 11) is 3.58. The van der Waals surface area contributed by atoms with Gasteiger partial charge < -0.3 is 19.2 Å². The van der Waals surface area contributed by atoms with E-state index in [1.54, 1.807) is 18.2 Å². The molecule has 10 nitrogen and oxygen atoms in total. The number of imidazole rings is 1. The van der Waals surface area contributed by atoms with E-state index in [9.17, 15) is 5.26 Å². The molecule has 1 aliphatic rings. The van der Waals surface area contributed by atoms with E-state index in [1.165, 1.54) is 7.11 Å². The molecule has 0 unspecified atom stereocenters. The number of nitrogens with zero attached hydrogens (tertiary/aromatic N) is 5. The first-order valence-electron chi connectivity index (χ1n) is 11.2. The van der Waals surface area contributed by atoms with Crippen molar-refractivity contribution in [1.29, 1.82) is 5.26 Å². The van der Waals surface area contributed by atoms with E-state index in [2.05, 4.69) is 35.9 Å². The minimum absolute atomic E-state index is 0.0898. The van der Waals surface area contributed by atoms with Crippen molar-refractivity contribution in [3.8, 4) is 35.2 Å². The van der Waals surface area contributed by atoms with Gasteiger partial charge in [0.1, 0.15) is 30.2 Å². The normalized spacial score (nSPS) is 13.0. The molecule has 0 spiro atoms. The minimum Gasteiger partial charge on any atom is -0.493 e. The average molecular weight is 471 g/mol. The van der Waals surface area contributed by atoms with Gasteiger partial charge in [0.25, 0.3) is 11.7 Å². The summed E-state index contributed by atoms with van der Waals surface area (Å²) in [6.07, 6.45) is 0.681. The number of benzene rings is 2. The first kappa shape index (κ1) is 22.2. The number of rotatable bonds is 7. The van der Waals surface area contributed by atoms with Crippen molar-refractivity contribution in [1.82, 2.24) is 25.3 Å². The lowest BCUT2D eigenvalue weighted by atomic mass is 10.2. The highest BCUT2D eigenvalue weighted by molar-refractivity contribution is 5.96. The van der Waals surface area contributed by atoms with Crippen LogP contribution in [-0.2, 0) is 6.42 Å². The van der Waals surface area contributed by atoms with Crippen molar-refractivity contribution in [2.24, 2.45) is 0 Å². The highest BCUT2D eigenvalue weighted by Gasteiger charge is 2.21. The molecule has 10 heteroatoms. The third-order valence-corrected chi connectivity index (χ3v) is 5.62. The number of likely N-dealkylation sites (N-methyl/N-ethyl adjacent to an activating group) is 1. The van der Waals surface area contributed by atoms with Crippen LogP contribution in [0.4, 0.5) is 0 Å². The second-order valence-corrected chi connectivity index (χ2v) is 7.95. The maximum absolute atomic E-state index is 9.31. The van der Waals surface area contributed by atoms with E-state index in [-0.39, 0.29) is 11.9 Å². The molecule has 2 aromatic heterocycles. The van der Waals surface area contributed by atoms with Crippen molar-refractivity contribution in [3.63, 3.8) is 0 Å². The Bertz CT molecular complexity index is 1490. The van der Waals surface area contributed by atoms with E-state index in [0.717, 1.165) is 30.3 Å². The number of aromatic nitrogens is 4. The first-order chi connectivity index (χ1) is 17.1. The Labute approximate surface area is 201 Å². The number of nitriles is 1. The van der Waals surface area contributed by atoms with Gasteiger partial charge in [-0.2, -0.15) is 15.2 Å². The molecule has 2 N–H and O–H groups in total. The number of methoxy groups -OCH3 is 1. The molecule has 0 saturated carbocycles. The lowest BCUT2D eigenvalue weighted by Crippen LogP contribution is -2.22. The lowest BCUT2D eigenvalue weighted by Gasteiger charge is -2.11. The molecule has 1 aliphatic heterocycles. The minimum atomic E-state index is 0.0898. The zero-order valence-corrected chi connectivity index (χ0v) is 19.6. The monoisotopic (exact) mass is 470 g/mol. The SMILES string of the molecule is CCc1nc2nc(Oc3cccc(C4=[N+](C)CCN4)c3)nc(Oc3cc(C#N)ccc3OC)c2[nH]1. The summed E-state index contributed by atoms with van der Waals surface area (Å²) in [6, 6.07) is 14.8. The van der Waals surface area contributed by atoms with Crippen LogP contribution in [0.2, 0.25) is 0 Å². The molecule has 35 heavy (non-hydrogen) atoms. The molecule has 176 valence electrons. The Morgan fingerprint density at radius 1 is 1.09 bits per heavy atom. The van der Waals surface area contributed by atoms with Crippen LogP contribution in [0.25, 0.3) is 11.2 Å². The Kier molecular flexibility index (Phi) is 5.89. The smallest absolute Gasteiger partial charge is 0.327 e. The maximum atomic E-state index is 9.31. The number of aryl methyl sites for hydroxylation is 1. The van der Waals surface area contributed by atoms with Gasteiger partial charge in [-0.25, -0.2) is 4.98 Å². The van der Waals surface area contributed by atoms with Crippen LogP contribution in [0.15, 0.2) is 42.5 Å². The summed E-state index contributed by atoms with van der Waals surface area (Å²) in [6.45, 7) is 3.82. The Morgan fingerprint density at radius 3 is 2.71 bits per heavy atom. The van der Waals surface area contributed by atoms with E-state index < -0.39 is 0 Å². The first-order valence-corrected chi connectivity index (χ1v) is 11.2. The number of hydrogen-bond acceptors (Lipinski definition) is 8. The maximum Gasteiger partial charge on any atom is 0.327 e. The molecule has 0 fully saturated rings. The molecule has 0 bridgehead atoms. The Hall–Kier alpha value is -4.65. The van der Waals surface area contributed by atoms with Gasteiger partial charge in [0.15, 0.2) is 17.1 Å². The number of aromatic amines is 1. The third-order valence-electron chi connectivity index (χ3n) is 5.62. The Morgan fingerprint density at radius 2 is 1.97 bits per heavy atom. The van der Waals surface area contributed by atoms with Crippen LogP contribution in [0.5, 0.6) is 29.1 Å². The second kappa shape index (κ2) is 9.30. The molecule has 2 aromatic carbocycles. The van der Waals surface area contributed by atoms with Crippen LogP contribution < -0.4 is 19.5 Å². The molecule has 4 aromatic rings. The molecule has 0 amide bonds. The van der Waals surface area contributed by atoms with Gasteiger partial charge in [0.05, 0.1) is 31.4 Å². The summed E-state index contributed by atoms with van der Waals surface area (Å²) in [5.74, 6) is 3.39. The molecular formula is C25H24N7O3+. The number of ether oxygens (including phenoxy) is 3. The molecule has 3 heterocycles. The van der Waals surface area contributed by atoms with Gasteiger partial charge in [0, 0.05) is 12.5 Å². The fourth-order valence-corrected chi connectivity index (χ4v) is 3.84. The number of fused-ring (bicyclic) bond motifs is 1. The fraction of sp³-hybridized carbons (Fsp3) is 0.240. The Balaban J connectivity index is 1.54. The van der Waals surface area contributed by atoms with Gasteiger partial charge in [-0.05, 0) is 30.3 Å². The number of nitrogens with one attached hydrogen (secondary N) is 2. The van der Waals surface area contributed by atoms with E-state index in [0.29, 0.717) is 40.4 Å². The average Bonchev–Trinajstić information content (AvgIpc) is 3.50. The molecular weight excluding hydrogens is 446 g/mol. The van der Waals surface area contributed by atoms with E-state index >= 15 is 0 Å². The quantitative estimate of drug-likeness (QED) is 0.395. The highest BCUT2D eigenvalue weighted by Crippen LogP contribution is 2.35. The summed E-state index contributed by atoms with van der Waals surface area (Å²) in [5.41, 5.74) is 2.38. The molecule has 0 saturated heterocycles. The van der Waals surface area contributed by atoms with E-state index in [4.69, 9.17) is 14.2 Å². The number of hydrogen-bond donors (Lipinski definition) is 2. The topological polar surface area (TPSA) is 121 Å². The van der Waals surface area contributed by atoms with E-state index in [1.807, 2.05) is 38.2 Å². The van der Waals surface area contributed by atoms with Crippen LogP contribution in [0, 0.1) is 11.3 Å². The van der Waals surface area contributed by atoms with Crippen LogP contribution >= 0.6 is 0 Å². The fourth-order valence-electron chi connectivity index (χ4n) is 3.84. The molecule has 0 atom stereocenters. The van der Waals surface area contributed by atoms with Crippen molar-refractivity contribution in [2.45, 2.75) is 13.3 Å². The van der Waals surface area contributed by atoms with Gasteiger partial charge in [-0.15, -0.1) is 0 Å². The summed E-state index contributed by atoms with van der Waals surface area (Å²) < 4.78 is 19.7. The zero-order valence-electron chi connectivity index (χ0n) is 19.6. The zero-order chi connectivity index (χ0) is 24.4. The van der Waals surface area contributed by atoms with Crippen molar-refractivity contribution >= 4 is 17.0 Å². The van der Waals surface area contributed by atoms with Gasteiger partial charge in [0.2, 0.25) is 0 Å². The molecule has 5 rings (SSSR count). The van der Waals surface area contributed by atoms with Gasteiger partial charge in [-0.3, -0.25) is 9.89 Å². The van der Waals surface area contributed by atoms with Crippen molar-refractivity contribution < 1.29 is 18.8 Å². The summed E-state index contributed by atoms with van der Waals surface area (Å²) in [5, 5.41) is 12.7. The standard InChI is InChI=1S/C25H23N7O3/c1-4-20-28-21-22(29-20)30-25(31-24(21)35-19-12-15(14-26)8-9-18(19)33-3)34-17-7-5-6-16(13-17)23-27-10-11-32(23)2/h5-9,12-13H,4,10-11H2,1-3H3,(H,28,29,30,31)/p+1. The third kappa shape index (κ3) is 4.44. The van der Waals surface area contributed by atoms with Gasteiger partial charge >= 0.3 is 6.01 Å². The van der Waals surface area contributed by atoms with Crippen molar-refractivity contribution in [2.75, 3.05) is 27.2 Å². The molecule has 0 radical (unpaired) electrons. The second-order valence-electron chi connectivity index (χ2n) is 7.95. The highest BCUT2D eigenvalue weighted by atomic mass is 16.5. The largest absolute Gasteiger partial charge is 0.493 e.